The molecule has 0 amide bonds. The molecule has 11 heteroatoms. The largest absolute Gasteiger partial charge is 0.433 e. The summed E-state index contributed by atoms with van der Waals surface area (Å²) in [5.74, 6) is 0.869. The Morgan fingerprint density at radius 3 is 2.30 bits per heavy atom. The molecule has 0 bridgehead atoms. The summed E-state index contributed by atoms with van der Waals surface area (Å²) < 4.78 is 40.0. The van der Waals surface area contributed by atoms with Crippen molar-refractivity contribution in [2.45, 2.75) is 12.7 Å². The molecule has 4 rings (SSSR count). The molecule has 0 spiro atoms. The minimum absolute atomic E-state index is 0.233. The van der Waals surface area contributed by atoms with Crippen LogP contribution in [0.15, 0.2) is 53.7 Å². The molecule has 3 aromatic heterocycles. The Labute approximate surface area is 169 Å². The van der Waals surface area contributed by atoms with Crippen LogP contribution in [0.3, 0.4) is 0 Å². The molecule has 1 saturated heterocycles. The monoisotopic (exact) mass is 417 g/mol. The Kier molecular flexibility index (Phi) is 5.34. The first-order valence-corrected chi connectivity index (χ1v) is 9.27. The van der Waals surface area contributed by atoms with Crippen molar-refractivity contribution in [2.24, 2.45) is 0 Å². The van der Waals surface area contributed by atoms with Crippen LogP contribution in [0.4, 0.5) is 24.8 Å². The van der Waals surface area contributed by atoms with Gasteiger partial charge >= 0.3 is 6.18 Å². The zero-order valence-electron chi connectivity index (χ0n) is 15.8. The summed E-state index contributed by atoms with van der Waals surface area (Å²) in [6, 6.07) is 9.52. The molecule has 3 aromatic rings. The molecule has 0 aromatic carbocycles. The van der Waals surface area contributed by atoms with Crippen molar-refractivity contribution < 1.29 is 13.2 Å². The van der Waals surface area contributed by atoms with Crippen molar-refractivity contribution >= 4 is 11.6 Å². The molecule has 156 valence electrons. The first-order chi connectivity index (χ1) is 14.4. The molecule has 0 atom stereocenters. The maximum absolute atomic E-state index is 12.9. The van der Waals surface area contributed by atoms with E-state index >= 15 is 0 Å². The maximum Gasteiger partial charge on any atom is 0.433 e. The van der Waals surface area contributed by atoms with E-state index in [1.807, 2.05) is 17.0 Å². The molecule has 1 aliphatic rings. The van der Waals surface area contributed by atoms with Crippen LogP contribution in [-0.2, 0) is 12.7 Å². The Bertz CT molecular complexity index is 1060. The fourth-order valence-electron chi connectivity index (χ4n) is 3.20. The number of aromatic nitrogens is 5. The van der Waals surface area contributed by atoms with E-state index < -0.39 is 11.9 Å². The summed E-state index contributed by atoms with van der Waals surface area (Å²) in [6.45, 7) is 2.25. The molecule has 0 unspecified atom stereocenters. The number of hydrogen-bond donors (Lipinski definition) is 0. The van der Waals surface area contributed by atoms with E-state index in [2.05, 4.69) is 20.1 Å². The number of halogens is 3. The SMILES string of the molecule is O=c1ccc(N2CCN(c3cc(C(F)(F)F)ncn3)CC2)nn1Cc1ccccn1. The van der Waals surface area contributed by atoms with E-state index in [1.54, 1.807) is 23.2 Å². The van der Waals surface area contributed by atoms with Crippen LogP contribution < -0.4 is 15.4 Å². The Morgan fingerprint density at radius 2 is 1.63 bits per heavy atom. The number of nitrogens with zero attached hydrogens (tertiary/aromatic N) is 7. The summed E-state index contributed by atoms with van der Waals surface area (Å²) >= 11 is 0. The summed E-state index contributed by atoms with van der Waals surface area (Å²) in [4.78, 5) is 27.4. The second kappa shape index (κ2) is 8.09. The third-order valence-electron chi connectivity index (χ3n) is 4.76. The van der Waals surface area contributed by atoms with E-state index in [0.717, 1.165) is 18.1 Å². The van der Waals surface area contributed by atoms with Gasteiger partial charge < -0.3 is 9.80 Å². The molecular formula is C19H18F3N7O. The first-order valence-electron chi connectivity index (χ1n) is 9.27. The van der Waals surface area contributed by atoms with E-state index in [-0.39, 0.29) is 17.9 Å². The van der Waals surface area contributed by atoms with Gasteiger partial charge in [0.05, 0.1) is 12.2 Å². The highest BCUT2D eigenvalue weighted by Crippen LogP contribution is 2.29. The van der Waals surface area contributed by atoms with E-state index in [4.69, 9.17) is 0 Å². The topological polar surface area (TPSA) is 80.0 Å². The molecule has 0 radical (unpaired) electrons. The van der Waals surface area contributed by atoms with Crippen molar-refractivity contribution in [3.8, 4) is 0 Å². The van der Waals surface area contributed by atoms with Crippen molar-refractivity contribution in [3.63, 3.8) is 0 Å². The fourth-order valence-corrected chi connectivity index (χ4v) is 3.20. The third-order valence-corrected chi connectivity index (χ3v) is 4.76. The molecule has 0 N–H and O–H groups in total. The molecule has 0 saturated carbocycles. The summed E-state index contributed by atoms with van der Waals surface area (Å²) in [5.41, 5.74) is -0.472. The predicted molar refractivity (Wildman–Crippen MR) is 103 cm³/mol. The maximum atomic E-state index is 12.9. The van der Waals surface area contributed by atoms with Gasteiger partial charge in [-0.1, -0.05) is 6.07 Å². The molecule has 4 heterocycles. The fraction of sp³-hybridized carbons (Fsp3) is 0.316. The van der Waals surface area contributed by atoms with Gasteiger partial charge in [0.1, 0.15) is 23.7 Å². The zero-order valence-corrected chi connectivity index (χ0v) is 15.8. The number of pyridine rings is 1. The van der Waals surface area contributed by atoms with Crippen molar-refractivity contribution in [2.75, 3.05) is 36.0 Å². The van der Waals surface area contributed by atoms with E-state index in [0.29, 0.717) is 32.0 Å². The van der Waals surface area contributed by atoms with Gasteiger partial charge in [-0.2, -0.15) is 18.3 Å². The minimum Gasteiger partial charge on any atom is -0.353 e. The predicted octanol–water partition coefficient (Wildman–Crippen LogP) is 1.82. The number of anilines is 2. The number of hydrogen-bond acceptors (Lipinski definition) is 7. The van der Waals surface area contributed by atoms with Gasteiger partial charge in [-0.15, -0.1) is 0 Å². The lowest BCUT2D eigenvalue weighted by Crippen LogP contribution is -2.47. The second-order valence-electron chi connectivity index (χ2n) is 6.74. The van der Waals surface area contributed by atoms with Crippen LogP contribution in [0.1, 0.15) is 11.4 Å². The average Bonchev–Trinajstić information content (AvgIpc) is 2.76. The smallest absolute Gasteiger partial charge is 0.353 e. The lowest BCUT2D eigenvalue weighted by atomic mass is 10.3. The van der Waals surface area contributed by atoms with Gasteiger partial charge in [0.2, 0.25) is 0 Å². The number of piperazine rings is 1. The zero-order chi connectivity index (χ0) is 21.1. The Morgan fingerprint density at radius 1 is 0.900 bits per heavy atom. The van der Waals surface area contributed by atoms with Gasteiger partial charge in [0.25, 0.3) is 5.56 Å². The van der Waals surface area contributed by atoms with Crippen molar-refractivity contribution in [1.82, 2.24) is 24.7 Å². The third kappa shape index (κ3) is 4.39. The van der Waals surface area contributed by atoms with Gasteiger partial charge in [0.15, 0.2) is 0 Å². The van der Waals surface area contributed by atoms with Crippen LogP contribution in [0.2, 0.25) is 0 Å². The van der Waals surface area contributed by atoms with Crippen LogP contribution >= 0.6 is 0 Å². The second-order valence-corrected chi connectivity index (χ2v) is 6.74. The summed E-state index contributed by atoms with van der Waals surface area (Å²) in [5, 5.41) is 4.43. The normalized spacial score (nSPS) is 14.8. The Hall–Kier alpha value is -3.50. The van der Waals surface area contributed by atoms with Gasteiger partial charge in [-0.3, -0.25) is 9.78 Å². The average molecular weight is 417 g/mol. The lowest BCUT2D eigenvalue weighted by molar-refractivity contribution is -0.141. The van der Waals surface area contributed by atoms with Crippen molar-refractivity contribution in [3.05, 3.63) is 70.7 Å². The van der Waals surface area contributed by atoms with Gasteiger partial charge in [0, 0.05) is 44.5 Å². The molecular weight excluding hydrogens is 399 g/mol. The van der Waals surface area contributed by atoms with E-state index in [9.17, 15) is 18.0 Å². The minimum atomic E-state index is -4.51. The molecule has 0 aliphatic carbocycles. The van der Waals surface area contributed by atoms with Crippen LogP contribution in [-0.4, -0.2) is 50.9 Å². The summed E-state index contributed by atoms with van der Waals surface area (Å²) in [7, 11) is 0. The quantitative estimate of drug-likeness (QED) is 0.641. The highest BCUT2D eigenvalue weighted by Gasteiger charge is 2.33. The van der Waals surface area contributed by atoms with Crippen LogP contribution in [0.5, 0.6) is 0 Å². The number of alkyl halides is 3. The molecule has 1 aliphatic heterocycles. The standard InChI is InChI=1S/C19H18F3N7O/c20-19(21,22)15-11-17(25-13-24-15)28-9-7-27(8-10-28)16-4-5-18(30)29(26-16)12-14-3-1-2-6-23-14/h1-6,11,13H,7-10,12H2. The summed E-state index contributed by atoms with van der Waals surface area (Å²) in [6.07, 6.45) is -1.93. The van der Waals surface area contributed by atoms with Crippen LogP contribution in [0.25, 0.3) is 0 Å². The van der Waals surface area contributed by atoms with Crippen molar-refractivity contribution in [1.29, 1.82) is 0 Å². The van der Waals surface area contributed by atoms with Crippen LogP contribution in [0, 0.1) is 0 Å². The van der Waals surface area contributed by atoms with E-state index in [1.165, 1.54) is 10.7 Å². The highest BCUT2D eigenvalue weighted by atomic mass is 19.4. The Balaban J connectivity index is 1.46. The van der Waals surface area contributed by atoms with Gasteiger partial charge in [-0.05, 0) is 18.2 Å². The molecule has 1 fully saturated rings. The molecule has 30 heavy (non-hydrogen) atoms. The first kappa shape index (κ1) is 19.8. The number of rotatable bonds is 4. The highest BCUT2D eigenvalue weighted by molar-refractivity contribution is 5.44. The van der Waals surface area contributed by atoms with Gasteiger partial charge in [-0.25, -0.2) is 14.6 Å². The molecule has 8 nitrogen and oxygen atoms in total. The lowest BCUT2D eigenvalue weighted by Gasteiger charge is -2.36.